The molecule has 32 heavy (non-hydrogen) atoms. The van der Waals surface area contributed by atoms with Crippen molar-refractivity contribution in [1.29, 1.82) is 0 Å². The number of piperazine rings is 1. The standard InChI is InChI=1S/C23H28N4O3S2/c1-29-18-8-9-19(30-2)22-21(18)25-23(32-22)27-14-12-26(13-15-27)11-10-24-20(28)16-31-17-6-4-3-5-7-17/h3-9H,10-16H2,1-2H3,(H,24,28). The van der Waals surface area contributed by atoms with E-state index < -0.39 is 0 Å². The smallest absolute Gasteiger partial charge is 0.230 e. The summed E-state index contributed by atoms with van der Waals surface area (Å²) in [6.45, 7) is 5.23. The molecule has 0 spiro atoms. The van der Waals surface area contributed by atoms with Crippen LogP contribution in [0.1, 0.15) is 0 Å². The number of methoxy groups -OCH3 is 2. The molecule has 0 atom stereocenters. The van der Waals surface area contributed by atoms with Gasteiger partial charge in [0, 0.05) is 44.2 Å². The first-order valence-electron chi connectivity index (χ1n) is 10.6. The summed E-state index contributed by atoms with van der Waals surface area (Å²) in [5.74, 6) is 2.12. The molecule has 4 rings (SSSR count). The Morgan fingerprint density at radius 3 is 2.50 bits per heavy atom. The molecule has 2 heterocycles. The van der Waals surface area contributed by atoms with Crippen LogP contribution in [0.5, 0.6) is 11.5 Å². The molecule has 1 aliphatic heterocycles. The van der Waals surface area contributed by atoms with Crippen LogP contribution in [-0.4, -0.2) is 75.0 Å². The van der Waals surface area contributed by atoms with Gasteiger partial charge in [0.25, 0.3) is 0 Å². The second-order valence-electron chi connectivity index (χ2n) is 7.42. The maximum atomic E-state index is 12.1. The summed E-state index contributed by atoms with van der Waals surface area (Å²) in [4.78, 5) is 22.7. The molecule has 1 aliphatic rings. The van der Waals surface area contributed by atoms with Crippen LogP contribution in [0.2, 0.25) is 0 Å². The van der Waals surface area contributed by atoms with Gasteiger partial charge in [-0.2, -0.15) is 0 Å². The Hall–Kier alpha value is -2.49. The first-order chi connectivity index (χ1) is 15.7. The van der Waals surface area contributed by atoms with Gasteiger partial charge in [0.1, 0.15) is 21.7 Å². The Morgan fingerprint density at radius 2 is 1.78 bits per heavy atom. The minimum absolute atomic E-state index is 0.0786. The van der Waals surface area contributed by atoms with E-state index in [0.29, 0.717) is 12.3 Å². The molecule has 2 aromatic carbocycles. The number of thiazole rings is 1. The van der Waals surface area contributed by atoms with Crippen molar-refractivity contribution in [3.8, 4) is 11.5 Å². The van der Waals surface area contributed by atoms with Crippen LogP contribution in [0.3, 0.4) is 0 Å². The lowest BCUT2D eigenvalue weighted by Gasteiger charge is -2.34. The van der Waals surface area contributed by atoms with Crippen molar-refractivity contribution >= 4 is 44.4 Å². The van der Waals surface area contributed by atoms with E-state index in [9.17, 15) is 4.79 Å². The summed E-state index contributed by atoms with van der Waals surface area (Å²) in [6, 6.07) is 13.8. The number of ether oxygens (including phenoxy) is 2. The van der Waals surface area contributed by atoms with Crippen LogP contribution in [0, 0.1) is 0 Å². The first kappa shape index (κ1) is 22.7. The molecule has 0 bridgehead atoms. The molecule has 1 aromatic heterocycles. The third kappa shape index (κ3) is 5.46. The highest BCUT2D eigenvalue weighted by Crippen LogP contribution is 2.40. The average Bonchev–Trinajstić information content (AvgIpc) is 3.29. The fourth-order valence-corrected chi connectivity index (χ4v) is 5.52. The Balaban J connectivity index is 1.23. The number of hydrogen-bond acceptors (Lipinski definition) is 8. The van der Waals surface area contributed by atoms with Gasteiger partial charge in [0.15, 0.2) is 5.13 Å². The highest BCUT2D eigenvalue weighted by molar-refractivity contribution is 8.00. The number of amides is 1. The molecule has 0 aliphatic carbocycles. The third-order valence-corrected chi connectivity index (χ3v) is 7.55. The molecular formula is C23H28N4O3S2. The van der Waals surface area contributed by atoms with Gasteiger partial charge in [-0.15, -0.1) is 11.8 Å². The maximum absolute atomic E-state index is 12.1. The molecular weight excluding hydrogens is 444 g/mol. The average molecular weight is 473 g/mol. The Morgan fingerprint density at radius 1 is 1.06 bits per heavy atom. The molecule has 1 fully saturated rings. The number of carbonyl (C=O) groups is 1. The number of carbonyl (C=O) groups excluding carboxylic acids is 1. The van der Waals surface area contributed by atoms with Crippen molar-refractivity contribution in [2.45, 2.75) is 4.90 Å². The molecule has 0 unspecified atom stereocenters. The molecule has 170 valence electrons. The van der Waals surface area contributed by atoms with Gasteiger partial charge in [0.05, 0.1) is 20.0 Å². The zero-order valence-electron chi connectivity index (χ0n) is 18.4. The Labute approximate surface area is 196 Å². The van der Waals surface area contributed by atoms with Gasteiger partial charge in [-0.1, -0.05) is 29.5 Å². The fraction of sp³-hybridized carbons (Fsp3) is 0.391. The zero-order valence-corrected chi connectivity index (χ0v) is 20.0. The summed E-state index contributed by atoms with van der Waals surface area (Å²) in [5.41, 5.74) is 0.852. The van der Waals surface area contributed by atoms with Crippen LogP contribution in [0.15, 0.2) is 47.4 Å². The number of thioether (sulfide) groups is 1. The number of anilines is 1. The Kier molecular flexibility index (Phi) is 7.72. The van der Waals surface area contributed by atoms with Crippen LogP contribution < -0.4 is 19.7 Å². The fourth-order valence-electron chi connectivity index (χ4n) is 3.64. The van der Waals surface area contributed by atoms with Gasteiger partial charge in [0.2, 0.25) is 5.91 Å². The van der Waals surface area contributed by atoms with Gasteiger partial charge >= 0.3 is 0 Å². The highest BCUT2D eigenvalue weighted by atomic mass is 32.2. The van der Waals surface area contributed by atoms with Crippen LogP contribution in [0.25, 0.3) is 10.2 Å². The number of nitrogens with one attached hydrogen (secondary N) is 1. The molecule has 0 saturated carbocycles. The predicted molar refractivity (Wildman–Crippen MR) is 132 cm³/mol. The molecule has 1 saturated heterocycles. The summed E-state index contributed by atoms with van der Waals surface area (Å²) in [7, 11) is 3.34. The molecule has 3 aromatic rings. The maximum Gasteiger partial charge on any atom is 0.230 e. The van der Waals surface area contributed by atoms with Gasteiger partial charge in [-0.25, -0.2) is 4.98 Å². The molecule has 7 nitrogen and oxygen atoms in total. The Bertz CT molecular complexity index is 995. The predicted octanol–water partition coefficient (Wildman–Crippen LogP) is 3.34. The lowest BCUT2D eigenvalue weighted by molar-refractivity contribution is -0.118. The van der Waals surface area contributed by atoms with Crippen molar-refractivity contribution in [2.75, 3.05) is 64.1 Å². The van der Waals surface area contributed by atoms with E-state index in [1.54, 1.807) is 37.3 Å². The molecule has 9 heteroatoms. The van der Waals surface area contributed by atoms with Gasteiger partial charge in [-0.05, 0) is 24.3 Å². The van der Waals surface area contributed by atoms with E-state index in [-0.39, 0.29) is 5.91 Å². The van der Waals surface area contributed by atoms with Crippen molar-refractivity contribution in [3.05, 3.63) is 42.5 Å². The van der Waals surface area contributed by atoms with E-state index in [1.807, 2.05) is 42.5 Å². The lowest BCUT2D eigenvalue weighted by atomic mass is 10.3. The normalized spacial score (nSPS) is 14.5. The summed E-state index contributed by atoms with van der Waals surface area (Å²) in [6.07, 6.45) is 0. The zero-order chi connectivity index (χ0) is 22.3. The minimum atomic E-state index is 0.0786. The van der Waals surface area contributed by atoms with E-state index in [2.05, 4.69) is 15.1 Å². The first-order valence-corrected chi connectivity index (χ1v) is 12.4. The second-order valence-corrected chi connectivity index (χ2v) is 9.45. The topological polar surface area (TPSA) is 66.9 Å². The van der Waals surface area contributed by atoms with Crippen molar-refractivity contribution in [3.63, 3.8) is 0 Å². The molecule has 1 amide bonds. The van der Waals surface area contributed by atoms with Crippen molar-refractivity contribution in [2.24, 2.45) is 0 Å². The van der Waals surface area contributed by atoms with Crippen LogP contribution >= 0.6 is 23.1 Å². The van der Waals surface area contributed by atoms with Crippen LogP contribution in [-0.2, 0) is 4.79 Å². The second kappa shape index (κ2) is 10.9. The number of aromatic nitrogens is 1. The van der Waals surface area contributed by atoms with Crippen molar-refractivity contribution < 1.29 is 14.3 Å². The SMILES string of the molecule is COc1ccc(OC)c2sc(N3CCN(CCNC(=O)CSc4ccccc4)CC3)nc12. The van der Waals surface area contributed by atoms with E-state index >= 15 is 0 Å². The molecule has 1 N–H and O–H groups in total. The van der Waals surface area contributed by atoms with Gasteiger partial charge < -0.3 is 19.7 Å². The van der Waals surface area contributed by atoms with E-state index in [1.165, 1.54) is 0 Å². The van der Waals surface area contributed by atoms with E-state index in [0.717, 1.165) is 64.5 Å². The lowest BCUT2D eigenvalue weighted by Crippen LogP contribution is -2.48. The van der Waals surface area contributed by atoms with E-state index in [4.69, 9.17) is 14.5 Å². The number of fused-ring (bicyclic) bond motifs is 1. The number of rotatable bonds is 9. The largest absolute Gasteiger partial charge is 0.495 e. The molecule has 0 radical (unpaired) electrons. The third-order valence-electron chi connectivity index (χ3n) is 5.41. The van der Waals surface area contributed by atoms with Crippen molar-refractivity contribution in [1.82, 2.24) is 15.2 Å². The summed E-state index contributed by atoms with van der Waals surface area (Å²) < 4.78 is 12.0. The number of benzene rings is 2. The quantitative estimate of drug-likeness (QED) is 0.479. The summed E-state index contributed by atoms with van der Waals surface area (Å²) in [5, 5.41) is 4.03. The minimum Gasteiger partial charge on any atom is -0.495 e. The number of hydrogen-bond donors (Lipinski definition) is 1. The monoisotopic (exact) mass is 472 g/mol. The van der Waals surface area contributed by atoms with Gasteiger partial charge in [-0.3, -0.25) is 9.69 Å². The van der Waals surface area contributed by atoms with Crippen LogP contribution in [0.4, 0.5) is 5.13 Å². The summed E-state index contributed by atoms with van der Waals surface area (Å²) >= 11 is 3.21. The highest BCUT2D eigenvalue weighted by Gasteiger charge is 2.22. The number of nitrogens with zero attached hydrogens (tertiary/aromatic N) is 3.